The Bertz CT molecular complexity index is 655. The van der Waals surface area contributed by atoms with Crippen molar-refractivity contribution in [2.75, 3.05) is 0 Å². The molecule has 0 amide bonds. The largest absolute Gasteiger partial charge is 0.197 e. The molecule has 0 fully saturated rings. The lowest BCUT2D eigenvalue weighted by Crippen LogP contribution is -2.01. The summed E-state index contributed by atoms with van der Waals surface area (Å²) in [7, 11) is 0. The minimum Gasteiger partial charge on any atom is -0.197 e. The first-order chi connectivity index (χ1) is 11.6. The van der Waals surface area contributed by atoms with Crippen LogP contribution in [0.2, 0.25) is 10.0 Å². The van der Waals surface area contributed by atoms with Gasteiger partial charge in [0.15, 0.2) is 0 Å². The highest BCUT2D eigenvalue weighted by molar-refractivity contribution is 6.31. The Hall–Kier alpha value is -1.49. The summed E-state index contributed by atoms with van der Waals surface area (Å²) >= 11 is 12.3. The fourth-order valence-corrected chi connectivity index (χ4v) is 2.75. The second kappa shape index (κ2) is 12.0. The van der Waals surface area contributed by atoms with E-state index in [1.165, 1.54) is 11.1 Å². The number of hydrogen-bond acceptors (Lipinski definition) is 1. The normalized spacial score (nSPS) is 10.5. The minimum atomic E-state index is -0.371. The maximum atomic E-state index is 9.50. The van der Waals surface area contributed by atoms with Gasteiger partial charge in [-0.25, -0.2) is 0 Å². The Morgan fingerprint density at radius 2 is 1.54 bits per heavy atom. The molecule has 0 saturated carbocycles. The molecule has 0 aromatic heterocycles. The van der Waals surface area contributed by atoms with E-state index in [-0.39, 0.29) is 5.92 Å². The van der Waals surface area contributed by atoms with Crippen LogP contribution >= 0.6 is 23.2 Å². The van der Waals surface area contributed by atoms with Gasteiger partial charge in [0.1, 0.15) is 0 Å². The minimum absolute atomic E-state index is 0.371. The molecule has 0 heterocycles. The van der Waals surface area contributed by atoms with E-state index in [9.17, 15) is 5.26 Å². The molecule has 1 nitrogen and oxygen atoms in total. The predicted octanol–water partition coefficient (Wildman–Crippen LogP) is 7.57. The topological polar surface area (TPSA) is 23.8 Å². The molecule has 130 valence electrons. The molecule has 2 aromatic rings. The molecule has 0 aliphatic rings. The van der Waals surface area contributed by atoms with Crippen molar-refractivity contribution in [3.63, 3.8) is 0 Å². The van der Waals surface area contributed by atoms with Gasteiger partial charge < -0.3 is 0 Å². The van der Waals surface area contributed by atoms with Gasteiger partial charge in [-0.1, -0.05) is 76.0 Å². The molecule has 0 saturated heterocycles. The maximum absolute atomic E-state index is 9.50. The lowest BCUT2D eigenvalue weighted by atomic mass is 9.90. The fourth-order valence-electron chi connectivity index (χ4n) is 2.33. The summed E-state index contributed by atoms with van der Waals surface area (Å²) in [5, 5.41) is 10.8. The average Bonchev–Trinajstić information content (AvgIpc) is 2.63. The molecule has 1 unspecified atom stereocenters. The van der Waals surface area contributed by atoms with Gasteiger partial charge >= 0.3 is 0 Å². The van der Waals surface area contributed by atoms with Crippen molar-refractivity contribution in [2.24, 2.45) is 0 Å². The van der Waals surface area contributed by atoms with E-state index in [0.717, 1.165) is 17.5 Å². The molecule has 0 spiro atoms. The summed E-state index contributed by atoms with van der Waals surface area (Å²) in [5.74, 6) is -0.371. The van der Waals surface area contributed by atoms with Crippen LogP contribution in [0.1, 0.15) is 62.8 Å². The van der Waals surface area contributed by atoms with Crippen molar-refractivity contribution in [3.05, 3.63) is 68.7 Å². The standard InChI is InChI=1S/C17H15Cl2N.2C2H6/c1-3-12-9-17(19)15(8-11(12)2)16(10-20)13-4-6-14(18)7-5-13;2*1-2/h4-9,16H,3H2,1-2H3;2*1-2H3. The van der Waals surface area contributed by atoms with Crippen molar-refractivity contribution in [1.82, 2.24) is 0 Å². The number of rotatable bonds is 3. The zero-order valence-electron chi connectivity index (χ0n) is 15.5. The second-order valence-electron chi connectivity index (χ2n) is 4.77. The maximum Gasteiger partial charge on any atom is 0.0977 e. The van der Waals surface area contributed by atoms with Crippen molar-refractivity contribution >= 4 is 23.2 Å². The van der Waals surface area contributed by atoms with Gasteiger partial charge in [0.2, 0.25) is 0 Å². The quantitative estimate of drug-likeness (QED) is 0.551. The van der Waals surface area contributed by atoms with Crippen molar-refractivity contribution in [2.45, 2.75) is 53.9 Å². The fraction of sp³-hybridized carbons (Fsp3) is 0.381. The summed E-state index contributed by atoms with van der Waals surface area (Å²) in [6, 6.07) is 13.6. The van der Waals surface area contributed by atoms with Crippen LogP contribution in [0.5, 0.6) is 0 Å². The third-order valence-corrected chi connectivity index (χ3v) is 4.06. The second-order valence-corrected chi connectivity index (χ2v) is 5.61. The Morgan fingerprint density at radius 3 is 2.00 bits per heavy atom. The van der Waals surface area contributed by atoms with Crippen LogP contribution in [0.4, 0.5) is 0 Å². The van der Waals surface area contributed by atoms with E-state index in [2.05, 4.69) is 19.9 Å². The summed E-state index contributed by atoms with van der Waals surface area (Å²) < 4.78 is 0. The molecule has 2 aromatic carbocycles. The number of aryl methyl sites for hydroxylation is 2. The highest BCUT2D eigenvalue weighted by Crippen LogP contribution is 2.32. The van der Waals surface area contributed by atoms with Gasteiger partial charge in [0, 0.05) is 10.0 Å². The number of hydrogen-bond donors (Lipinski definition) is 0. The van der Waals surface area contributed by atoms with Crippen LogP contribution in [-0.2, 0) is 6.42 Å². The highest BCUT2D eigenvalue weighted by atomic mass is 35.5. The SMILES string of the molecule is CC.CC.CCc1cc(Cl)c(C(C#N)c2ccc(Cl)cc2)cc1C. The molecule has 0 N–H and O–H groups in total. The molecule has 3 heteroatoms. The van der Waals surface area contributed by atoms with E-state index in [1.54, 1.807) is 12.1 Å². The molecular formula is C21H27Cl2N. The van der Waals surface area contributed by atoms with Crippen LogP contribution in [0.3, 0.4) is 0 Å². The molecule has 0 aliphatic carbocycles. The first-order valence-corrected chi connectivity index (χ1v) is 9.26. The molecular weight excluding hydrogens is 337 g/mol. The predicted molar refractivity (Wildman–Crippen MR) is 107 cm³/mol. The average molecular weight is 364 g/mol. The van der Waals surface area contributed by atoms with Crippen molar-refractivity contribution in [3.8, 4) is 6.07 Å². The number of nitriles is 1. The summed E-state index contributed by atoms with van der Waals surface area (Å²) in [4.78, 5) is 0. The summed E-state index contributed by atoms with van der Waals surface area (Å²) in [6.07, 6.45) is 0.935. The Balaban J connectivity index is 0.00000123. The summed E-state index contributed by atoms with van der Waals surface area (Å²) in [5.41, 5.74) is 4.14. The van der Waals surface area contributed by atoms with Gasteiger partial charge in [0.25, 0.3) is 0 Å². The van der Waals surface area contributed by atoms with Crippen molar-refractivity contribution < 1.29 is 0 Å². The van der Waals surface area contributed by atoms with Crippen LogP contribution in [0.15, 0.2) is 36.4 Å². The van der Waals surface area contributed by atoms with Crippen LogP contribution < -0.4 is 0 Å². The van der Waals surface area contributed by atoms with Gasteiger partial charge in [-0.05, 0) is 53.8 Å². The number of halogens is 2. The lowest BCUT2D eigenvalue weighted by molar-refractivity contribution is 1.02. The van der Waals surface area contributed by atoms with Crippen LogP contribution in [0, 0.1) is 18.3 Å². The Morgan fingerprint density at radius 1 is 1.00 bits per heavy atom. The number of nitrogens with zero attached hydrogens (tertiary/aromatic N) is 1. The smallest absolute Gasteiger partial charge is 0.0977 e. The highest BCUT2D eigenvalue weighted by Gasteiger charge is 2.17. The molecule has 0 bridgehead atoms. The van der Waals surface area contributed by atoms with Crippen LogP contribution in [0.25, 0.3) is 0 Å². The Kier molecular flexibility index (Phi) is 11.2. The van der Waals surface area contributed by atoms with Gasteiger partial charge in [0.05, 0.1) is 12.0 Å². The van der Waals surface area contributed by atoms with Crippen molar-refractivity contribution in [1.29, 1.82) is 5.26 Å². The molecule has 2 rings (SSSR count). The van der Waals surface area contributed by atoms with E-state index in [0.29, 0.717) is 10.0 Å². The van der Waals surface area contributed by atoms with Gasteiger partial charge in [-0.2, -0.15) is 5.26 Å². The van der Waals surface area contributed by atoms with Gasteiger partial charge in [-0.15, -0.1) is 0 Å². The van der Waals surface area contributed by atoms with Gasteiger partial charge in [-0.3, -0.25) is 0 Å². The molecule has 0 radical (unpaired) electrons. The first kappa shape index (κ1) is 22.5. The zero-order valence-corrected chi connectivity index (χ0v) is 17.0. The zero-order chi connectivity index (χ0) is 18.7. The monoisotopic (exact) mass is 363 g/mol. The van der Waals surface area contributed by atoms with E-state index < -0.39 is 0 Å². The number of benzene rings is 2. The van der Waals surface area contributed by atoms with E-state index >= 15 is 0 Å². The summed E-state index contributed by atoms with van der Waals surface area (Å²) in [6.45, 7) is 12.1. The molecule has 1 atom stereocenters. The Labute approximate surface area is 157 Å². The van der Waals surface area contributed by atoms with Crippen LogP contribution in [-0.4, -0.2) is 0 Å². The van der Waals surface area contributed by atoms with E-state index in [1.807, 2.05) is 52.0 Å². The first-order valence-electron chi connectivity index (χ1n) is 8.50. The molecule has 0 aliphatic heterocycles. The third-order valence-electron chi connectivity index (χ3n) is 3.48. The lowest BCUT2D eigenvalue weighted by Gasteiger charge is -2.15. The third kappa shape index (κ3) is 5.86. The molecule has 24 heavy (non-hydrogen) atoms. The van der Waals surface area contributed by atoms with E-state index in [4.69, 9.17) is 23.2 Å².